The van der Waals surface area contributed by atoms with Crippen molar-refractivity contribution in [3.05, 3.63) is 54.2 Å². The van der Waals surface area contributed by atoms with E-state index in [9.17, 15) is 4.79 Å². The Morgan fingerprint density at radius 3 is 2.54 bits per heavy atom. The van der Waals surface area contributed by atoms with Crippen LogP contribution in [0.25, 0.3) is 10.9 Å². The van der Waals surface area contributed by atoms with Gasteiger partial charge in [0, 0.05) is 18.4 Å². The van der Waals surface area contributed by atoms with Gasteiger partial charge in [0.15, 0.2) is 0 Å². The molecule has 0 aliphatic heterocycles. The van der Waals surface area contributed by atoms with Crippen LogP contribution < -0.4 is 14.8 Å². The van der Waals surface area contributed by atoms with Crippen molar-refractivity contribution < 1.29 is 14.3 Å². The van der Waals surface area contributed by atoms with E-state index in [0.717, 1.165) is 34.4 Å². The Morgan fingerprint density at radius 2 is 1.81 bits per heavy atom. The SMILES string of the molecule is COc1ccc(CCNC(=O)CCn2ncc3cc(OC)ccc32)cc1. The highest BCUT2D eigenvalue weighted by Crippen LogP contribution is 2.20. The van der Waals surface area contributed by atoms with Crippen molar-refractivity contribution in [1.82, 2.24) is 15.1 Å². The lowest BCUT2D eigenvalue weighted by Gasteiger charge is -2.07. The summed E-state index contributed by atoms with van der Waals surface area (Å²) < 4.78 is 12.2. The first-order valence-corrected chi connectivity index (χ1v) is 8.59. The summed E-state index contributed by atoms with van der Waals surface area (Å²) in [6.45, 7) is 1.16. The summed E-state index contributed by atoms with van der Waals surface area (Å²) in [5.41, 5.74) is 2.16. The molecule has 6 heteroatoms. The fourth-order valence-electron chi connectivity index (χ4n) is 2.80. The van der Waals surface area contributed by atoms with Crippen molar-refractivity contribution in [1.29, 1.82) is 0 Å². The standard InChI is InChI=1S/C20H23N3O3/c1-25-17-5-3-15(4-6-17)9-11-21-20(24)10-12-23-19-8-7-18(26-2)13-16(19)14-22-23/h3-8,13-14H,9-12H2,1-2H3,(H,21,24). The van der Waals surface area contributed by atoms with Crippen molar-refractivity contribution >= 4 is 16.8 Å². The van der Waals surface area contributed by atoms with E-state index in [1.807, 2.05) is 47.1 Å². The van der Waals surface area contributed by atoms with Crippen molar-refractivity contribution in [3.63, 3.8) is 0 Å². The smallest absolute Gasteiger partial charge is 0.221 e. The van der Waals surface area contributed by atoms with Crippen LogP contribution in [0, 0.1) is 0 Å². The highest BCUT2D eigenvalue weighted by atomic mass is 16.5. The molecule has 0 radical (unpaired) electrons. The average molecular weight is 353 g/mol. The first-order chi connectivity index (χ1) is 12.7. The molecule has 0 fully saturated rings. The maximum absolute atomic E-state index is 12.1. The van der Waals surface area contributed by atoms with Gasteiger partial charge in [0.2, 0.25) is 5.91 Å². The van der Waals surface area contributed by atoms with Gasteiger partial charge in [0.1, 0.15) is 11.5 Å². The molecule has 1 heterocycles. The first kappa shape index (κ1) is 17.8. The zero-order valence-corrected chi connectivity index (χ0v) is 15.1. The van der Waals surface area contributed by atoms with Gasteiger partial charge in [-0.15, -0.1) is 0 Å². The quantitative estimate of drug-likeness (QED) is 0.676. The molecule has 0 bridgehead atoms. The van der Waals surface area contributed by atoms with Gasteiger partial charge in [0.05, 0.1) is 32.5 Å². The molecule has 0 aliphatic carbocycles. The van der Waals surface area contributed by atoms with Crippen LogP contribution in [0.4, 0.5) is 0 Å². The van der Waals surface area contributed by atoms with Crippen molar-refractivity contribution in [2.75, 3.05) is 20.8 Å². The van der Waals surface area contributed by atoms with E-state index >= 15 is 0 Å². The van der Waals surface area contributed by atoms with E-state index in [4.69, 9.17) is 9.47 Å². The number of ether oxygens (including phenoxy) is 2. The van der Waals surface area contributed by atoms with Crippen LogP contribution in [0.3, 0.4) is 0 Å². The summed E-state index contributed by atoms with van der Waals surface area (Å²) in [5.74, 6) is 1.66. The molecule has 1 aromatic heterocycles. The van der Waals surface area contributed by atoms with Gasteiger partial charge >= 0.3 is 0 Å². The molecular weight excluding hydrogens is 330 g/mol. The Labute approximate surface area is 152 Å². The Hall–Kier alpha value is -3.02. The minimum atomic E-state index is 0.0238. The number of nitrogens with zero attached hydrogens (tertiary/aromatic N) is 2. The fraction of sp³-hybridized carbons (Fsp3) is 0.300. The molecule has 1 N–H and O–H groups in total. The van der Waals surface area contributed by atoms with Gasteiger partial charge in [-0.1, -0.05) is 12.1 Å². The molecule has 1 amide bonds. The van der Waals surface area contributed by atoms with Crippen molar-refractivity contribution in [3.8, 4) is 11.5 Å². The van der Waals surface area contributed by atoms with Crippen LogP contribution in [-0.2, 0) is 17.8 Å². The molecule has 6 nitrogen and oxygen atoms in total. The first-order valence-electron chi connectivity index (χ1n) is 8.59. The zero-order chi connectivity index (χ0) is 18.4. The lowest BCUT2D eigenvalue weighted by molar-refractivity contribution is -0.121. The molecule has 0 aliphatic rings. The predicted octanol–water partition coefficient (Wildman–Crippen LogP) is 2.80. The van der Waals surface area contributed by atoms with Crippen LogP contribution in [0.5, 0.6) is 11.5 Å². The number of methoxy groups -OCH3 is 2. The highest BCUT2D eigenvalue weighted by Gasteiger charge is 2.07. The number of hydrogen-bond acceptors (Lipinski definition) is 4. The molecule has 136 valence electrons. The predicted molar refractivity (Wildman–Crippen MR) is 101 cm³/mol. The number of nitrogens with one attached hydrogen (secondary N) is 1. The van der Waals surface area contributed by atoms with E-state index in [0.29, 0.717) is 19.5 Å². The number of benzene rings is 2. The van der Waals surface area contributed by atoms with Gasteiger partial charge in [-0.05, 0) is 42.3 Å². The Balaban J connectivity index is 1.46. The third kappa shape index (κ3) is 4.33. The van der Waals surface area contributed by atoms with Crippen LogP contribution in [0.1, 0.15) is 12.0 Å². The van der Waals surface area contributed by atoms with E-state index in [1.54, 1.807) is 20.4 Å². The van der Waals surface area contributed by atoms with Gasteiger partial charge in [-0.25, -0.2) is 0 Å². The second-order valence-corrected chi connectivity index (χ2v) is 5.99. The lowest BCUT2D eigenvalue weighted by Crippen LogP contribution is -2.26. The number of aryl methyl sites for hydroxylation is 1. The summed E-state index contributed by atoms with van der Waals surface area (Å²) in [7, 11) is 3.29. The maximum atomic E-state index is 12.1. The number of fused-ring (bicyclic) bond motifs is 1. The second-order valence-electron chi connectivity index (χ2n) is 5.99. The van der Waals surface area contributed by atoms with Crippen LogP contribution >= 0.6 is 0 Å². The van der Waals surface area contributed by atoms with Gasteiger partial charge in [-0.2, -0.15) is 5.10 Å². The third-order valence-corrected chi connectivity index (χ3v) is 4.29. The van der Waals surface area contributed by atoms with E-state index in [2.05, 4.69) is 10.4 Å². The second kappa shape index (κ2) is 8.38. The van der Waals surface area contributed by atoms with Crippen molar-refractivity contribution in [2.24, 2.45) is 0 Å². The maximum Gasteiger partial charge on any atom is 0.221 e. The summed E-state index contributed by atoms with van der Waals surface area (Å²) in [6.07, 6.45) is 2.98. The molecule has 3 aromatic rings. The molecule has 3 rings (SSSR count). The summed E-state index contributed by atoms with van der Waals surface area (Å²) in [4.78, 5) is 12.1. The summed E-state index contributed by atoms with van der Waals surface area (Å²) in [5, 5.41) is 8.32. The van der Waals surface area contributed by atoms with Gasteiger partial charge in [0.25, 0.3) is 0 Å². The minimum absolute atomic E-state index is 0.0238. The average Bonchev–Trinajstić information content (AvgIpc) is 3.09. The summed E-state index contributed by atoms with van der Waals surface area (Å²) in [6, 6.07) is 13.7. The topological polar surface area (TPSA) is 65.4 Å². The van der Waals surface area contributed by atoms with Crippen LogP contribution in [-0.4, -0.2) is 36.5 Å². The Morgan fingerprint density at radius 1 is 1.08 bits per heavy atom. The van der Waals surface area contributed by atoms with Crippen LogP contribution in [0.15, 0.2) is 48.7 Å². The highest BCUT2D eigenvalue weighted by molar-refractivity contribution is 5.80. The molecule has 0 unspecified atom stereocenters. The number of amides is 1. The zero-order valence-electron chi connectivity index (χ0n) is 15.1. The Bertz CT molecular complexity index is 872. The molecule has 0 saturated carbocycles. The molecular formula is C20H23N3O3. The third-order valence-electron chi connectivity index (χ3n) is 4.29. The Kier molecular flexibility index (Phi) is 5.73. The number of carbonyl (C=O) groups excluding carboxylic acids is 1. The minimum Gasteiger partial charge on any atom is -0.497 e. The van der Waals surface area contributed by atoms with Crippen LogP contribution in [0.2, 0.25) is 0 Å². The fourth-order valence-corrected chi connectivity index (χ4v) is 2.80. The number of hydrogen-bond donors (Lipinski definition) is 1. The lowest BCUT2D eigenvalue weighted by atomic mass is 10.1. The molecule has 2 aromatic carbocycles. The number of rotatable bonds is 8. The number of aromatic nitrogens is 2. The normalized spacial score (nSPS) is 10.7. The number of carbonyl (C=O) groups is 1. The van der Waals surface area contributed by atoms with E-state index in [1.165, 1.54) is 0 Å². The molecule has 0 atom stereocenters. The van der Waals surface area contributed by atoms with Gasteiger partial charge < -0.3 is 14.8 Å². The monoisotopic (exact) mass is 353 g/mol. The van der Waals surface area contributed by atoms with E-state index < -0.39 is 0 Å². The molecule has 0 spiro atoms. The van der Waals surface area contributed by atoms with Crippen molar-refractivity contribution in [2.45, 2.75) is 19.4 Å². The summed E-state index contributed by atoms with van der Waals surface area (Å²) >= 11 is 0. The largest absolute Gasteiger partial charge is 0.497 e. The van der Waals surface area contributed by atoms with E-state index in [-0.39, 0.29) is 5.91 Å². The molecule has 26 heavy (non-hydrogen) atoms. The van der Waals surface area contributed by atoms with Gasteiger partial charge in [-0.3, -0.25) is 9.48 Å². The molecule has 0 saturated heterocycles.